The Balaban J connectivity index is 2.14. The summed E-state index contributed by atoms with van der Waals surface area (Å²) in [4.78, 5) is 25.3. The quantitative estimate of drug-likeness (QED) is 0.834. The second-order valence-electron chi connectivity index (χ2n) is 5.23. The molecule has 0 unspecified atom stereocenters. The molecular formula is C15H21N3O3. The first-order valence-electron chi connectivity index (χ1n) is 7.10. The average Bonchev–Trinajstić information content (AvgIpc) is 2.46. The lowest BCUT2D eigenvalue weighted by Gasteiger charge is -2.34. The van der Waals surface area contributed by atoms with Gasteiger partial charge in [0.2, 0.25) is 5.91 Å². The molecule has 2 amide bonds. The summed E-state index contributed by atoms with van der Waals surface area (Å²) in [5.41, 5.74) is 6.13. The summed E-state index contributed by atoms with van der Waals surface area (Å²) in [6, 6.07) is 7.44. The van der Waals surface area contributed by atoms with E-state index in [1.807, 2.05) is 36.9 Å². The van der Waals surface area contributed by atoms with E-state index in [0.717, 1.165) is 12.1 Å². The standard InChI is InChI=1S/C15H21N3O3/c1-3-10(2)17-14(19)9-18-8-13(15(16)20)21-12-7-5-4-6-11(12)18/h4-7,10,13H,3,8-9H2,1-2H3,(H2,16,20)(H,17,19)/t10-,13+/m1/s1. The molecule has 0 saturated heterocycles. The van der Waals surface area contributed by atoms with Crippen LogP contribution < -0.4 is 20.7 Å². The van der Waals surface area contributed by atoms with E-state index < -0.39 is 12.0 Å². The second-order valence-corrected chi connectivity index (χ2v) is 5.23. The maximum Gasteiger partial charge on any atom is 0.260 e. The number of fused-ring (bicyclic) bond motifs is 1. The van der Waals surface area contributed by atoms with Gasteiger partial charge in [0.15, 0.2) is 6.10 Å². The van der Waals surface area contributed by atoms with Gasteiger partial charge in [-0.05, 0) is 25.5 Å². The lowest BCUT2D eigenvalue weighted by Crippen LogP contribution is -2.50. The molecular weight excluding hydrogens is 270 g/mol. The molecule has 0 aliphatic carbocycles. The van der Waals surface area contributed by atoms with Crippen LogP contribution in [0.1, 0.15) is 20.3 Å². The zero-order valence-corrected chi connectivity index (χ0v) is 12.3. The summed E-state index contributed by atoms with van der Waals surface area (Å²) in [6.45, 7) is 4.42. The zero-order chi connectivity index (χ0) is 15.4. The topological polar surface area (TPSA) is 84.7 Å². The van der Waals surface area contributed by atoms with E-state index in [1.54, 1.807) is 6.07 Å². The highest BCUT2D eigenvalue weighted by atomic mass is 16.5. The Morgan fingerprint density at radius 3 is 2.86 bits per heavy atom. The number of rotatable bonds is 5. The van der Waals surface area contributed by atoms with Crippen molar-refractivity contribution in [3.05, 3.63) is 24.3 Å². The SMILES string of the molecule is CC[C@@H](C)NC(=O)CN1C[C@@H](C(N)=O)Oc2ccccc21. The van der Waals surface area contributed by atoms with Crippen molar-refractivity contribution in [2.24, 2.45) is 5.73 Å². The molecule has 0 bridgehead atoms. The number of para-hydroxylation sites is 2. The highest BCUT2D eigenvalue weighted by molar-refractivity contribution is 5.85. The van der Waals surface area contributed by atoms with Gasteiger partial charge >= 0.3 is 0 Å². The maximum atomic E-state index is 12.1. The third-order valence-electron chi connectivity index (χ3n) is 3.53. The number of carbonyl (C=O) groups excluding carboxylic acids is 2. The second kappa shape index (κ2) is 6.47. The van der Waals surface area contributed by atoms with E-state index in [4.69, 9.17) is 10.5 Å². The number of amides is 2. The molecule has 0 spiro atoms. The molecule has 6 heteroatoms. The van der Waals surface area contributed by atoms with Crippen molar-refractivity contribution in [3.63, 3.8) is 0 Å². The molecule has 114 valence electrons. The fourth-order valence-electron chi connectivity index (χ4n) is 2.20. The van der Waals surface area contributed by atoms with Crippen molar-refractivity contribution in [2.75, 3.05) is 18.0 Å². The van der Waals surface area contributed by atoms with Gasteiger partial charge in [-0.3, -0.25) is 9.59 Å². The monoisotopic (exact) mass is 291 g/mol. The number of anilines is 1. The number of benzene rings is 1. The molecule has 1 aromatic carbocycles. The molecule has 1 aromatic rings. The Hall–Kier alpha value is -2.24. The Bertz CT molecular complexity index is 533. The molecule has 21 heavy (non-hydrogen) atoms. The number of nitrogens with one attached hydrogen (secondary N) is 1. The molecule has 0 fully saturated rings. The van der Waals surface area contributed by atoms with Gasteiger partial charge < -0.3 is 20.7 Å². The fourth-order valence-corrected chi connectivity index (χ4v) is 2.20. The third-order valence-corrected chi connectivity index (χ3v) is 3.53. The number of primary amides is 1. The van der Waals surface area contributed by atoms with Crippen LogP contribution in [-0.4, -0.2) is 37.0 Å². The molecule has 0 aromatic heterocycles. The van der Waals surface area contributed by atoms with Gasteiger partial charge in [-0.15, -0.1) is 0 Å². The predicted molar refractivity (Wildman–Crippen MR) is 80.2 cm³/mol. The van der Waals surface area contributed by atoms with Gasteiger partial charge in [-0.1, -0.05) is 19.1 Å². The minimum Gasteiger partial charge on any atom is -0.477 e. The molecule has 1 heterocycles. The van der Waals surface area contributed by atoms with E-state index in [-0.39, 0.29) is 25.0 Å². The molecule has 2 rings (SSSR count). The minimum absolute atomic E-state index is 0.0794. The highest BCUT2D eigenvalue weighted by Crippen LogP contribution is 2.32. The van der Waals surface area contributed by atoms with Crippen LogP contribution in [0.4, 0.5) is 5.69 Å². The minimum atomic E-state index is -0.740. The van der Waals surface area contributed by atoms with Crippen molar-refractivity contribution in [1.29, 1.82) is 0 Å². The van der Waals surface area contributed by atoms with E-state index in [2.05, 4.69) is 5.32 Å². The Morgan fingerprint density at radius 2 is 2.19 bits per heavy atom. The van der Waals surface area contributed by atoms with Crippen molar-refractivity contribution >= 4 is 17.5 Å². The van der Waals surface area contributed by atoms with Crippen LogP contribution in [0.5, 0.6) is 5.75 Å². The fraction of sp³-hybridized carbons (Fsp3) is 0.467. The van der Waals surface area contributed by atoms with Crippen LogP contribution in [0.15, 0.2) is 24.3 Å². The van der Waals surface area contributed by atoms with Gasteiger partial charge in [0.05, 0.1) is 18.8 Å². The first-order valence-corrected chi connectivity index (χ1v) is 7.10. The predicted octanol–water partition coefficient (Wildman–Crippen LogP) is 0.654. The van der Waals surface area contributed by atoms with Crippen molar-refractivity contribution < 1.29 is 14.3 Å². The summed E-state index contributed by atoms with van der Waals surface area (Å²) < 4.78 is 5.56. The van der Waals surface area contributed by atoms with Crippen molar-refractivity contribution in [2.45, 2.75) is 32.4 Å². The Labute approximate surface area is 124 Å². The number of nitrogens with two attached hydrogens (primary N) is 1. The zero-order valence-electron chi connectivity index (χ0n) is 12.3. The number of ether oxygens (including phenoxy) is 1. The molecule has 1 aliphatic rings. The maximum absolute atomic E-state index is 12.1. The number of hydrogen-bond acceptors (Lipinski definition) is 4. The normalized spacial score (nSPS) is 18.4. The largest absolute Gasteiger partial charge is 0.477 e. The number of nitrogens with zero attached hydrogens (tertiary/aromatic N) is 1. The van der Waals surface area contributed by atoms with Crippen LogP contribution >= 0.6 is 0 Å². The first kappa shape index (κ1) is 15.2. The van der Waals surface area contributed by atoms with Crippen LogP contribution in [0.3, 0.4) is 0 Å². The van der Waals surface area contributed by atoms with Crippen LogP contribution in [0, 0.1) is 0 Å². The summed E-state index contributed by atoms with van der Waals surface area (Å²) in [7, 11) is 0. The van der Waals surface area contributed by atoms with Crippen molar-refractivity contribution in [3.8, 4) is 5.75 Å². The van der Waals surface area contributed by atoms with Gasteiger partial charge in [-0.25, -0.2) is 0 Å². The summed E-state index contributed by atoms with van der Waals surface area (Å²) in [6.07, 6.45) is 0.131. The van der Waals surface area contributed by atoms with E-state index in [9.17, 15) is 9.59 Å². The number of hydrogen-bond donors (Lipinski definition) is 2. The van der Waals surface area contributed by atoms with E-state index in [1.165, 1.54) is 0 Å². The van der Waals surface area contributed by atoms with Gasteiger partial charge in [0.1, 0.15) is 5.75 Å². The summed E-state index contributed by atoms with van der Waals surface area (Å²) in [5.74, 6) is -0.0370. The number of carbonyl (C=O) groups is 2. The summed E-state index contributed by atoms with van der Waals surface area (Å²) >= 11 is 0. The van der Waals surface area contributed by atoms with E-state index in [0.29, 0.717) is 5.75 Å². The Kier molecular flexibility index (Phi) is 4.67. The van der Waals surface area contributed by atoms with Crippen LogP contribution in [0.25, 0.3) is 0 Å². The van der Waals surface area contributed by atoms with Gasteiger partial charge in [0.25, 0.3) is 5.91 Å². The third kappa shape index (κ3) is 3.65. The van der Waals surface area contributed by atoms with Crippen molar-refractivity contribution in [1.82, 2.24) is 5.32 Å². The molecule has 1 aliphatic heterocycles. The average molecular weight is 291 g/mol. The summed E-state index contributed by atoms with van der Waals surface area (Å²) in [5, 5.41) is 2.91. The molecule has 0 radical (unpaired) electrons. The van der Waals surface area contributed by atoms with Crippen LogP contribution in [0.2, 0.25) is 0 Å². The van der Waals surface area contributed by atoms with Gasteiger partial charge in [0, 0.05) is 6.04 Å². The van der Waals surface area contributed by atoms with Gasteiger partial charge in [-0.2, -0.15) is 0 Å². The van der Waals surface area contributed by atoms with Crippen LogP contribution in [-0.2, 0) is 9.59 Å². The Morgan fingerprint density at radius 1 is 1.48 bits per heavy atom. The molecule has 2 atom stereocenters. The first-order chi connectivity index (χ1) is 10.0. The highest BCUT2D eigenvalue weighted by Gasteiger charge is 2.30. The van der Waals surface area contributed by atoms with E-state index >= 15 is 0 Å². The molecule has 0 saturated carbocycles. The lowest BCUT2D eigenvalue weighted by atomic mass is 10.1. The lowest BCUT2D eigenvalue weighted by molar-refractivity contribution is -0.125. The smallest absolute Gasteiger partial charge is 0.260 e. The molecule has 6 nitrogen and oxygen atoms in total. The molecule has 3 N–H and O–H groups in total.